The summed E-state index contributed by atoms with van der Waals surface area (Å²) in [5.74, 6) is 1.66. The Bertz CT molecular complexity index is 480. The molecule has 1 aliphatic heterocycles. The molecule has 0 amide bonds. The van der Waals surface area contributed by atoms with Crippen molar-refractivity contribution in [2.24, 2.45) is 0 Å². The van der Waals surface area contributed by atoms with Gasteiger partial charge in [0.2, 0.25) is 0 Å². The van der Waals surface area contributed by atoms with Crippen LogP contribution < -0.4 is 14.8 Å². The lowest BCUT2D eigenvalue weighted by molar-refractivity contribution is 0.196. The average molecular weight is 310 g/mol. The van der Waals surface area contributed by atoms with Crippen LogP contribution in [0.25, 0.3) is 0 Å². The zero-order chi connectivity index (χ0) is 14.7. The van der Waals surface area contributed by atoms with Crippen LogP contribution >= 0.6 is 11.6 Å². The summed E-state index contributed by atoms with van der Waals surface area (Å²) in [7, 11) is 1.70. The van der Waals surface area contributed by atoms with Crippen LogP contribution in [-0.4, -0.2) is 19.8 Å². The SMILES string of the molecule is COc1ccc(Cl)c(C2CCCCN2)c1OC1CCCC1. The fourth-order valence-electron chi connectivity index (χ4n) is 3.43. The van der Waals surface area contributed by atoms with Crippen molar-refractivity contribution in [3.05, 3.63) is 22.7 Å². The molecule has 1 N–H and O–H groups in total. The smallest absolute Gasteiger partial charge is 0.167 e. The van der Waals surface area contributed by atoms with Crippen LogP contribution in [0.4, 0.5) is 0 Å². The third-order valence-corrected chi connectivity index (χ3v) is 4.90. The van der Waals surface area contributed by atoms with Crippen LogP contribution in [0, 0.1) is 0 Å². The van der Waals surface area contributed by atoms with Gasteiger partial charge in [0.05, 0.1) is 13.2 Å². The van der Waals surface area contributed by atoms with Gasteiger partial charge in [-0.2, -0.15) is 0 Å². The molecule has 0 spiro atoms. The second-order valence-corrected chi connectivity index (χ2v) is 6.43. The zero-order valence-corrected chi connectivity index (χ0v) is 13.4. The van der Waals surface area contributed by atoms with Gasteiger partial charge in [0, 0.05) is 16.6 Å². The van der Waals surface area contributed by atoms with Gasteiger partial charge in [-0.05, 0) is 57.2 Å². The summed E-state index contributed by atoms with van der Waals surface area (Å²) in [5, 5.41) is 4.35. The number of hydrogen-bond acceptors (Lipinski definition) is 3. The van der Waals surface area contributed by atoms with Gasteiger partial charge in [-0.1, -0.05) is 18.0 Å². The second-order valence-electron chi connectivity index (χ2n) is 6.02. The Kier molecular flexibility index (Phi) is 4.91. The summed E-state index contributed by atoms with van der Waals surface area (Å²) in [6, 6.07) is 4.12. The predicted octanol–water partition coefficient (Wildman–Crippen LogP) is 4.48. The third kappa shape index (κ3) is 3.29. The molecule has 1 atom stereocenters. The van der Waals surface area contributed by atoms with Crippen molar-refractivity contribution in [2.45, 2.75) is 57.1 Å². The number of hydrogen-bond donors (Lipinski definition) is 1. The van der Waals surface area contributed by atoms with Crippen LogP contribution in [0.5, 0.6) is 11.5 Å². The molecule has 2 fully saturated rings. The van der Waals surface area contributed by atoms with E-state index in [1.807, 2.05) is 12.1 Å². The van der Waals surface area contributed by atoms with E-state index in [0.29, 0.717) is 6.10 Å². The average Bonchev–Trinajstić information content (AvgIpc) is 3.02. The lowest BCUT2D eigenvalue weighted by Gasteiger charge is -2.28. The quantitative estimate of drug-likeness (QED) is 0.889. The minimum Gasteiger partial charge on any atom is -0.493 e. The Morgan fingerprint density at radius 1 is 1.10 bits per heavy atom. The van der Waals surface area contributed by atoms with E-state index in [-0.39, 0.29) is 6.04 Å². The van der Waals surface area contributed by atoms with Crippen LogP contribution in [0.3, 0.4) is 0 Å². The number of benzene rings is 1. The molecule has 1 aliphatic carbocycles. The number of methoxy groups -OCH3 is 1. The van der Waals surface area contributed by atoms with Gasteiger partial charge in [-0.25, -0.2) is 0 Å². The summed E-state index contributed by atoms with van der Waals surface area (Å²) >= 11 is 6.50. The second kappa shape index (κ2) is 6.89. The molecule has 2 aliphatic rings. The summed E-state index contributed by atoms with van der Waals surface area (Å²) in [6.07, 6.45) is 8.65. The van der Waals surface area contributed by atoms with Gasteiger partial charge in [-0.3, -0.25) is 0 Å². The monoisotopic (exact) mass is 309 g/mol. The van der Waals surface area contributed by atoms with Crippen molar-refractivity contribution in [3.63, 3.8) is 0 Å². The number of nitrogens with one attached hydrogen (secondary N) is 1. The molecule has 1 saturated heterocycles. The van der Waals surface area contributed by atoms with Crippen molar-refractivity contribution >= 4 is 11.6 Å². The molecule has 21 heavy (non-hydrogen) atoms. The van der Waals surface area contributed by atoms with Crippen LogP contribution in [0.1, 0.15) is 56.6 Å². The van der Waals surface area contributed by atoms with Gasteiger partial charge in [-0.15, -0.1) is 0 Å². The van der Waals surface area contributed by atoms with E-state index in [2.05, 4.69) is 5.32 Å². The minimum absolute atomic E-state index is 0.276. The predicted molar refractivity (Wildman–Crippen MR) is 85.5 cm³/mol. The molecule has 0 aromatic heterocycles. The fraction of sp³-hybridized carbons (Fsp3) is 0.647. The lowest BCUT2D eigenvalue weighted by Crippen LogP contribution is -2.28. The fourth-order valence-corrected chi connectivity index (χ4v) is 3.71. The minimum atomic E-state index is 0.276. The zero-order valence-electron chi connectivity index (χ0n) is 12.7. The lowest BCUT2D eigenvalue weighted by atomic mass is 9.96. The number of ether oxygens (including phenoxy) is 2. The maximum absolute atomic E-state index is 6.50. The van der Waals surface area contributed by atoms with Crippen LogP contribution in [0.2, 0.25) is 5.02 Å². The van der Waals surface area contributed by atoms with Crippen molar-refractivity contribution in [1.82, 2.24) is 5.32 Å². The van der Waals surface area contributed by atoms with Gasteiger partial charge in [0.1, 0.15) is 0 Å². The molecule has 4 heteroatoms. The first kappa shape index (κ1) is 15.0. The highest BCUT2D eigenvalue weighted by Crippen LogP contribution is 2.43. The van der Waals surface area contributed by atoms with E-state index in [4.69, 9.17) is 21.1 Å². The Hall–Kier alpha value is -0.930. The largest absolute Gasteiger partial charge is 0.493 e. The number of rotatable bonds is 4. The topological polar surface area (TPSA) is 30.5 Å². The van der Waals surface area contributed by atoms with Crippen LogP contribution in [0.15, 0.2) is 12.1 Å². The number of halogens is 1. The van der Waals surface area contributed by atoms with Gasteiger partial charge in [0.25, 0.3) is 0 Å². The van der Waals surface area contributed by atoms with E-state index in [1.54, 1.807) is 7.11 Å². The van der Waals surface area contributed by atoms with E-state index in [1.165, 1.54) is 25.7 Å². The maximum atomic E-state index is 6.50. The highest BCUT2D eigenvalue weighted by Gasteiger charge is 2.27. The Balaban J connectivity index is 1.94. The van der Waals surface area contributed by atoms with E-state index in [9.17, 15) is 0 Å². The summed E-state index contributed by atoms with van der Waals surface area (Å²) < 4.78 is 11.8. The molecule has 3 nitrogen and oxygen atoms in total. The van der Waals surface area contributed by atoms with Crippen molar-refractivity contribution in [3.8, 4) is 11.5 Å². The van der Waals surface area contributed by atoms with Gasteiger partial charge in [0.15, 0.2) is 11.5 Å². The normalized spacial score (nSPS) is 23.2. The first-order valence-corrected chi connectivity index (χ1v) is 8.44. The van der Waals surface area contributed by atoms with Crippen molar-refractivity contribution in [2.75, 3.05) is 13.7 Å². The Morgan fingerprint density at radius 3 is 2.52 bits per heavy atom. The molecule has 1 saturated carbocycles. The molecule has 1 aromatic rings. The first-order chi connectivity index (χ1) is 10.3. The van der Waals surface area contributed by atoms with Crippen LogP contribution in [-0.2, 0) is 0 Å². The van der Waals surface area contributed by atoms with Crippen molar-refractivity contribution < 1.29 is 9.47 Å². The van der Waals surface area contributed by atoms with E-state index < -0.39 is 0 Å². The van der Waals surface area contributed by atoms with E-state index in [0.717, 1.165) is 47.9 Å². The molecule has 1 heterocycles. The van der Waals surface area contributed by atoms with Gasteiger partial charge >= 0.3 is 0 Å². The standard InChI is InChI=1S/C17H24ClNO2/c1-20-15-10-9-13(18)16(14-8-4-5-11-19-14)17(15)21-12-6-2-3-7-12/h9-10,12,14,19H,2-8,11H2,1H3. The highest BCUT2D eigenvalue weighted by molar-refractivity contribution is 6.31. The van der Waals surface area contributed by atoms with Crippen molar-refractivity contribution in [1.29, 1.82) is 0 Å². The number of piperidine rings is 1. The molecule has 116 valence electrons. The molecular weight excluding hydrogens is 286 g/mol. The molecule has 0 bridgehead atoms. The molecule has 1 unspecified atom stereocenters. The highest BCUT2D eigenvalue weighted by atomic mass is 35.5. The van der Waals surface area contributed by atoms with E-state index >= 15 is 0 Å². The third-order valence-electron chi connectivity index (χ3n) is 4.57. The Morgan fingerprint density at radius 2 is 1.86 bits per heavy atom. The molecule has 1 aromatic carbocycles. The summed E-state index contributed by atoms with van der Waals surface area (Å²) in [4.78, 5) is 0. The first-order valence-electron chi connectivity index (χ1n) is 8.06. The summed E-state index contributed by atoms with van der Waals surface area (Å²) in [5.41, 5.74) is 1.09. The Labute approximate surface area is 132 Å². The summed E-state index contributed by atoms with van der Waals surface area (Å²) in [6.45, 7) is 1.04. The molecular formula is C17H24ClNO2. The molecule has 3 rings (SSSR count). The maximum Gasteiger partial charge on any atom is 0.167 e. The van der Waals surface area contributed by atoms with Gasteiger partial charge < -0.3 is 14.8 Å². The molecule has 0 radical (unpaired) electrons.